The van der Waals surface area contributed by atoms with Gasteiger partial charge in [0.25, 0.3) is 5.91 Å². The molecule has 1 heterocycles. The Bertz CT molecular complexity index is 739. The minimum Gasteiger partial charge on any atom is -1.00 e. The number of halogens is 1. The maximum atomic E-state index is 12.1. The third kappa shape index (κ3) is 6.48. The minimum absolute atomic E-state index is 0. The van der Waals surface area contributed by atoms with E-state index in [2.05, 4.69) is 10.6 Å². The molecule has 0 spiro atoms. The molecule has 0 bridgehead atoms. The number of carbonyl (C=O) groups excluding carboxylic acids is 1. The van der Waals surface area contributed by atoms with Gasteiger partial charge in [0.15, 0.2) is 24.1 Å². The lowest BCUT2D eigenvalue weighted by atomic mass is 10.1. The molecule has 8 heteroatoms. The van der Waals surface area contributed by atoms with Gasteiger partial charge in [-0.2, -0.15) is 0 Å². The van der Waals surface area contributed by atoms with Crippen molar-refractivity contribution in [2.75, 3.05) is 0 Å². The van der Waals surface area contributed by atoms with Crippen LogP contribution in [0.3, 0.4) is 0 Å². The molecule has 2 rings (SSSR count). The van der Waals surface area contributed by atoms with Gasteiger partial charge in [0.05, 0.1) is 0 Å². The number of thiocarbonyl (C=S) groups is 1. The van der Waals surface area contributed by atoms with Crippen molar-refractivity contribution in [1.82, 2.24) is 10.6 Å². The molecule has 3 N–H and O–H groups in total. The molecule has 1 atom stereocenters. The summed E-state index contributed by atoms with van der Waals surface area (Å²) in [4.78, 5) is 22.8. The Morgan fingerprint density at radius 2 is 1.76 bits per heavy atom. The highest BCUT2D eigenvalue weighted by molar-refractivity contribution is 7.80. The molecule has 2 aromatic rings. The number of carboxylic acids is 1. The van der Waals surface area contributed by atoms with E-state index < -0.39 is 12.0 Å². The Hall–Kier alpha value is -2.51. The van der Waals surface area contributed by atoms with Crippen LogP contribution in [0.2, 0.25) is 0 Å². The standard InChI is InChI=1S/C17H17N3O3S.ClH/c1-12(16(22)23)18-17(24)19-15(21)14-7-5-13(6-8-14)11-20-9-3-2-4-10-20;/h2-10,12H,11H2,1H3,(H2-,18,19,21,22,23,24);1H. The van der Waals surface area contributed by atoms with Gasteiger partial charge in [-0.05, 0) is 31.3 Å². The number of aliphatic carboxylic acids is 1. The van der Waals surface area contributed by atoms with Crippen molar-refractivity contribution < 1.29 is 31.7 Å². The molecule has 1 amide bonds. The molecule has 132 valence electrons. The summed E-state index contributed by atoms with van der Waals surface area (Å²) in [6, 6.07) is 12.1. The number of nitrogens with one attached hydrogen (secondary N) is 2. The number of nitrogens with zero attached hydrogens (tertiary/aromatic N) is 1. The van der Waals surface area contributed by atoms with Gasteiger partial charge in [-0.15, -0.1) is 0 Å². The summed E-state index contributed by atoms with van der Waals surface area (Å²) >= 11 is 4.93. The van der Waals surface area contributed by atoms with Gasteiger partial charge in [-0.3, -0.25) is 14.9 Å². The number of rotatable bonds is 5. The number of hydrogen-bond acceptors (Lipinski definition) is 3. The Balaban J connectivity index is 0.00000312. The quantitative estimate of drug-likeness (QED) is 0.418. The second kappa shape index (κ2) is 9.71. The van der Waals surface area contributed by atoms with Crippen molar-refractivity contribution >= 4 is 29.2 Å². The van der Waals surface area contributed by atoms with Crippen LogP contribution < -0.4 is 27.6 Å². The van der Waals surface area contributed by atoms with Crippen molar-refractivity contribution in [2.24, 2.45) is 0 Å². The second-order valence-electron chi connectivity index (χ2n) is 5.23. The lowest BCUT2D eigenvalue weighted by Gasteiger charge is -2.12. The van der Waals surface area contributed by atoms with E-state index in [0.29, 0.717) is 12.1 Å². The summed E-state index contributed by atoms with van der Waals surface area (Å²) in [5.41, 5.74) is 1.51. The fraction of sp³-hybridized carbons (Fsp3) is 0.176. The molecule has 0 saturated carbocycles. The minimum atomic E-state index is -1.05. The molecular formula is C17H18ClN3O3S. The van der Waals surface area contributed by atoms with Gasteiger partial charge in [-0.1, -0.05) is 18.2 Å². The normalized spacial score (nSPS) is 10.9. The van der Waals surface area contributed by atoms with Crippen LogP contribution in [0, 0.1) is 0 Å². The smallest absolute Gasteiger partial charge is 0.325 e. The molecule has 1 aromatic heterocycles. The molecule has 0 aliphatic carbocycles. The van der Waals surface area contributed by atoms with Crippen molar-refractivity contribution in [3.63, 3.8) is 0 Å². The van der Waals surface area contributed by atoms with Gasteiger partial charge in [-0.25, -0.2) is 4.57 Å². The molecule has 25 heavy (non-hydrogen) atoms. The fourth-order valence-corrected chi connectivity index (χ4v) is 2.25. The molecule has 0 aliphatic rings. The van der Waals surface area contributed by atoms with Gasteiger partial charge in [0.2, 0.25) is 0 Å². The van der Waals surface area contributed by atoms with Crippen LogP contribution >= 0.6 is 12.2 Å². The summed E-state index contributed by atoms with van der Waals surface area (Å²) < 4.78 is 2.03. The number of carboxylic acid groups (broad SMARTS) is 1. The summed E-state index contributed by atoms with van der Waals surface area (Å²) in [6.07, 6.45) is 3.93. The van der Waals surface area contributed by atoms with Gasteiger partial charge < -0.3 is 22.8 Å². The zero-order valence-electron chi connectivity index (χ0n) is 13.5. The number of amides is 1. The molecule has 1 unspecified atom stereocenters. The molecule has 0 aliphatic heterocycles. The van der Waals surface area contributed by atoms with E-state index in [0.717, 1.165) is 5.56 Å². The third-order valence-corrected chi connectivity index (χ3v) is 3.52. The van der Waals surface area contributed by atoms with Crippen LogP contribution in [0.15, 0.2) is 54.9 Å². The average molecular weight is 380 g/mol. The van der Waals surface area contributed by atoms with Crippen molar-refractivity contribution in [1.29, 1.82) is 0 Å². The zero-order valence-corrected chi connectivity index (χ0v) is 15.1. The summed E-state index contributed by atoms with van der Waals surface area (Å²) in [5.74, 6) is -1.43. The molecular weight excluding hydrogens is 362 g/mol. The van der Waals surface area contributed by atoms with Crippen molar-refractivity contribution in [2.45, 2.75) is 19.5 Å². The third-order valence-electron chi connectivity index (χ3n) is 3.30. The highest BCUT2D eigenvalue weighted by Crippen LogP contribution is 2.04. The maximum Gasteiger partial charge on any atom is 0.325 e. The molecule has 0 fully saturated rings. The maximum absolute atomic E-state index is 12.1. The lowest BCUT2D eigenvalue weighted by molar-refractivity contribution is -0.688. The first kappa shape index (κ1) is 20.5. The first-order chi connectivity index (χ1) is 11.5. The summed E-state index contributed by atoms with van der Waals surface area (Å²) in [7, 11) is 0. The highest BCUT2D eigenvalue weighted by atomic mass is 35.5. The fourth-order valence-electron chi connectivity index (χ4n) is 1.98. The van der Waals surface area contributed by atoms with E-state index in [1.165, 1.54) is 6.92 Å². The zero-order chi connectivity index (χ0) is 17.5. The number of benzene rings is 1. The van der Waals surface area contributed by atoms with E-state index >= 15 is 0 Å². The number of hydrogen-bond donors (Lipinski definition) is 3. The van der Waals surface area contributed by atoms with Crippen LogP contribution in [0.25, 0.3) is 0 Å². The SMILES string of the molecule is CC(NC(=S)NC(=O)c1ccc(C[n+]2ccccc2)cc1)C(=O)O.[Cl-]. The van der Waals surface area contributed by atoms with E-state index in [4.69, 9.17) is 17.3 Å². The summed E-state index contributed by atoms with van der Waals surface area (Å²) in [5, 5.41) is 13.8. The summed E-state index contributed by atoms with van der Waals surface area (Å²) in [6.45, 7) is 2.15. The second-order valence-corrected chi connectivity index (χ2v) is 5.64. The highest BCUT2D eigenvalue weighted by Gasteiger charge is 2.14. The number of aromatic nitrogens is 1. The van der Waals surface area contributed by atoms with E-state index in [1.54, 1.807) is 12.1 Å². The molecule has 0 saturated heterocycles. The van der Waals surface area contributed by atoms with E-state index in [9.17, 15) is 9.59 Å². The Morgan fingerprint density at radius 1 is 1.16 bits per heavy atom. The van der Waals surface area contributed by atoms with Crippen LogP contribution in [-0.2, 0) is 11.3 Å². The van der Waals surface area contributed by atoms with Crippen molar-refractivity contribution in [3.8, 4) is 0 Å². The largest absolute Gasteiger partial charge is 1.00 e. The number of carbonyl (C=O) groups is 2. The predicted molar refractivity (Wildman–Crippen MR) is 92.5 cm³/mol. The van der Waals surface area contributed by atoms with Crippen LogP contribution in [0.4, 0.5) is 0 Å². The number of pyridine rings is 1. The predicted octanol–water partition coefficient (Wildman–Crippen LogP) is -1.90. The van der Waals surface area contributed by atoms with Crippen LogP contribution in [-0.4, -0.2) is 28.1 Å². The van der Waals surface area contributed by atoms with E-state index in [-0.39, 0.29) is 23.4 Å². The molecule has 1 aromatic carbocycles. The monoisotopic (exact) mass is 379 g/mol. The Morgan fingerprint density at radius 3 is 2.32 bits per heavy atom. The first-order valence-corrected chi connectivity index (χ1v) is 7.74. The van der Waals surface area contributed by atoms with Crippen molar-refractivity contribution in [3.05, 3.63) is 66.0 Å². The molecule has 0 radical (unpaired) electrons. The van der Waals surface area contributed by atoms with Gasteiger partial charge in [0.1, 0.15) is 6.04 Å². The Labute approximate surface area is 157 Å². The van der Waals surface area contributed by atoms with Crippen LogP contribution in [0.1, 0.15) is 22.8 Å². The van der Waals surface area contributed by atoms with E-state index in [1.807, 2.05) is 47.3 Å². The topological polar surface area (TPSA) is 82.3 Å². The lowest BCUT2D eigenvalue weighted by Crippen LogP contribution is -3.00. The van der Waals surface area contributed by atoms with Gasteiger partial charge in [0, 0.05) is 23.3 Å². The van der Waals surface area contributed by atoms with Gasteiger partial charge >= 0.3 is 5.97 Å². The average Bonchev–Trinajstić information content (AvgIpc) is 2.56. The Kier molecular flexibility index (Phi) is 7.97. The molecule has 6 nitrogen and oxygen atoms in total. The first-order valence-electron chi connectivity index (χ1n) is 7.33. The van der Waals surface area contributed by atoms with Crippen LogP contribution in [0.5, 0.6) is 0 Å².